The summed E-state index contributed by atoms with van der Waals surface area (Å²) < 4.78 is 0. The fourth-order valence-corrected chi connectivity index (χ4v) is 4.15. The third-order valence-electron chi connectivity index (χ3n) is 5.76. The van der Waals surface area contributed by atoms with Crippen molar-refractivity contribution in [3.8, 4) is 0 Å². The van der Waals surface area contributed by atoms with E-state index < -0.39 is 0 Å². The van der Waals surface area contributed by atoms with Gasteiger partial charge in [0, 0.05) is 32.2 Å². The molecule has 2 heterocycles. The van der Waals surface area contributed by atoms with Crippen molar-refractivity contribution in [3.05, 3.63) is 71.3 Å². The second-order valence-corrected chi connectivity index (χ2v) is 7.26. The molecule has 1 amide bonds. The van der Waals surface area contributed by atoms with Gasteiger partial charge in [-0.05, 0) is 29.5 Å². The highest BCUT2D eigenvalue weighted by Crippen LogP contribution is 2.28. The Morgan fingerprint density at radius 1 is 1.04 bits per heavy atom. The predicted octanol–water partition coefficient (Wildman–Crippen LogP) is 3.45. The minimum absolute atomic E-state index is 0.00392. The molecule has 2 aliphatic heterocycles. The van der Waals surface area contributed by atoms with Crippen LogP contribution in [0.4, 0.5) is 0 Å². The molecule has 0 saturated carbocycles. The van der Waals surface area contributed by atoms with E-state index in [0.29, 0.717) is 11.9 Å². The molecular weight excluding hydrogens is 308 g/mol. The normalized spacial score (nSPS) is 19.2. The van der Waals surface area contributed by atoms with E-state index in [9.17, 15) is 4.79 Å². The Bertz CT molecular complexity index is 737. The van der Waals surface area contributed by atoms with E-state index in [-0.39, 0.29) is 5.92 Å². The zero-order chi connectivity index (χ0) is 17.2. The molecule has 3 heteroatoms. The molecule has 0 aliphatic carbocycles. The first-order valence-corrected chi connectivity index (χ1v) is 9.41. The van der Waals surface area contributed by atoms with Crippen molar-refractivity contribution in [3.63, 3.8) is 0 Å². The second kappa shape index (κ2) is 7.01. The SMILES string of the molecule is CC[C@H](C(=O)N1CC(N2CCc3ccccc3C2)C1)c1ccccc1. The summed E-state index contributed by atoms with van der Waals surface area (Å²) in [5.74, 6) is 0.298. The molecule has 0 aromatic heterocycles. The summed E-state index contributed by atoms with van der Waals surface area (Å²) in [4.78, 5) is 17.5. The van der Waals surface area contributed by atoms with E-state index in [1.54, 1.807) is 0 Å². The van der Waals surface area contributed by atoms with Crippen molar-refractivity contribution in [2.24, 2.45) is 0 Å². The van der Waals surface area contributed by atoms with E-state index in [0.717, 1.165) is 44.6 Å². The standard InChI is InChI=1S/C22H26N2O/c1-2-21(18-9-4-3-5-10-18)22(25)24-15-20(16-24)23-13-12-17-8-6-7-11-19(17)14-23/h3-11,20-21H,2,12-16H2,1H3/t21-/m0/s1. The molecule has 2 aromatic rings. The molecule has 2 aliphatic rings. The minimum Gasteiger partial charge on any atom is -0.339 e. The van der Waals surface area contributed by atoms with Crippen LogP contribution in [0, 0.1) is 0 Å². The number of hydrogen-bond donors (Lipinski definition) is 0. The monoisotopic (exact) mass is 334 g/mol. The van der Waals surface area contributed by atoms with Gasteiger partial charge in [0.15, 0.2) is 0 Å². The van der Waals surface area contributed by atoms with Crippen LogP contribution in [0.3, 0.4) is 0 Å². The summed E-state index contributed by atoms with van der Waals surface area (Å²) in [6.45, 7) is 6.00. The van der Waals surface area contributed by atoms with Crippen LogP contribution in [0.15, 0.2) is 54.6 Å². The predicted molar refractivity (Wildman–Crippen MR) is 100 cm³/mol. The number of likely N-dealkylation sites (tertiary alicyclic amines) is 1. The van der Waals surface area contributed by atoms with Crippen LogP contribution in [0.25, 0.3) is 0 Å². The Balaban J connectivity index is 1.36. The molecule has 1 saturated heterocycles. The lowest BCUT2D eigenvalue weighted by Gasteiger charge is -2.47. The van der Waals surface area contributed by atoms with E-state index in [2.05, 4.69) is 48.2 Å². The highest BCUT2D eigenvalue weighted by Gasteiger charge is 2.38. The molecule has 0 bridgehead atoms. The maximum atomic E-state index is 12.9. The van der Waals surface area contributed by atoms with E-state index >= 15 is 0 Å². The Morgan fingerprint density at radius 2 is 1.72 bits per heavy atom. The quantitative estimate of drug-likeness (QED) is 0.855. The van der Waals surface area contributed by atoms with Crippen molar-refractivity contribution in [1.29, 1.82) is 0 Å². The molecule has 0 unspecified atom stereocenters. The van der Waals surface area contributed by atoms with Crippen LogP contribution in [-0.4, -0.2) is 41.4 Å². The molecular formula is C22H26N2O. The van der Waals surface area contributed by atoms with Crippen LogP contribution in [-0.2, 0) is 17.8 Å². The lowest BCUT2D eigenvalue weighted by molar-refractivity contribution is -0.140. The Hall–Kier alpha value is -2.13. The van der Waals surface area contributed by atoms with Gasteiger partial charge < -0.3 is 4.90 Å². The average molecular weight is 334 g/mol. The number of fused-ring (bicyclic) bond motifs is 1. The van der Waals surface area contributed by atoms with Gasteiger partial charge in [-0.1, -0.05) is 61.5 Å². The Kier molecular flexibility index (Phi) is 4.58. The van der Waals surface area contributed by atoms with E-state index in [1.807, 2.05) is 23.1 Å². The topological polar surface area (TPSA) is 23.6 Å². The zero-order valence-corrected chi connectivity index (χ0v) is 14.9. The molecule has 1 atom stereocenters. The van der Waals surface area contributed by atoms with Gasteiger partial charge >= 0.3 is 0 Å². The largest absolute Gasteiger partial charge is 0.339 e. The highest BCUT2D eigenvalue weighted by atomic mass is 16.2. The van der Waals surface area contributed by atoms with Gasteiger partial charge in [0.1, 0.15) is 0 Å². The molecule has 0 N–H and O–H groups in total. The van der Waals surface area contributed by atoms with Crippen molar-refractivity contribution >= 4 is 5.91 Å². The van der Waals surface area contributed by atoms with Gasteiger partial charge in [0.2, 0.25) is 5.91 Å². The smallest absolute Gasteiger partial charge is 0.230 e. The van der Waals surface area contributed by atoms with Crippen LogP contribution < -0.4 is 0 Å². The third-order valence-corrected chi connectivity index (χ3v) is 5.76. The molecule has 25 heavy (non-hydrogen) atoms. The fourth-order valence-electron chi connectivity index (χ4n) is 4.15. The lowest BCUT2D eigenvalue weighted by atomic mass is 9.92. The fraction of sp³-hybridized carbons (Fsp3) is 0.409. The maximum Gasteiger partial charge on any atom is 0.230 e. The summed E-state index contributed by atoms with van der Waals surface area (Å²) in [6, 6.07) is 19.5. The van der Waals surface area contributed by atoms with Gasteiger partial charge in [-0.15, -0.1) is 0 Å². The first kappa shape index (κ1) is 16.3. The summed E-state index contributed by atoms with van der Waals surface area (Å²) in [5.41, 5.74) is 4.08. The molecule has 3 nitrogen and oxygen atoms in total. The van der Waals surface area contributed by atoms with Gasteiger partial charge in [0.25, 0.3) is 0 Å². The maximum absolute atomic E-state index is 12.9. The Morgan fingerprint density at radius 3 is 2.44 bits per heavy atom. The van der Waals surface area contributed by atoms with Crippen molar-refractivity contribution < 1.29 is 4.79 Å². The van der Waals surface area contributed by atoms with Crippen LogP contribution in [0.5, 0.6) is 0 Å². The molecule has 2 aromatic carbocycles. The first-order valence-electron chi connectivity index (χ1n) is 9.41. The third kappa shape index (κ3) is 3.21. The van der Waals surface area contributed by atoms with Gasteiger partial charge in [-0.2, -0.15) is 0 Å². The zero-order valence-electron chi connectivity index (χ0n) is 14.9. The first-order chi connectivity index (χ1) is 12.3. The van der Waals surface area contributed by atoms with Gasteiger partial charge in [-0.25, -0.2) is 0 Å². The summed E-state index contributed by atoms with van der Waals surface area (Å²) in [5, 5.41) is 0. The molecule has 1 fully saturated rings. The summed E-state index contributed by atoms with van der Waals surface area (Å²) in [6.07, 6.45) is 1.99. The van der Waals surface area contributed by atoms with Crippen LogP contribution in [0.2, 0.25) is 0 Å². The van der Waals surface area contributed by atoms with Crippen molar-refractivity contribution in [2.75, 3.05) is 19.6 Å². The number of rotatable bonds is 4. The summed E-state index contributed by atoms with van der Waals surface area (Å²) >= 11 is 0. The van der Waals surface area contributed by atoms with Gasteiger partial charge in [-0.3, -0.25) is 9.69 Å². The minimum atomic E-state index is 0.00392. The number of benzene rings is 2. The Labute approximate surface area is 150 Å². The lowest BCUT2D eigenvalue weighted by Crippen LogP contribution is -2.62. The molecule has 0 spiro atoms. The van der Waals surface area contributed by atoms with Crippen LogP contribution in [0.1, 0.15) is 36.0 Å². The molecule has 0 radical (unpaired) electrons. The number of amides is 1. The van der Waals surface area contributed by atoms with Crippen molar-refractivity contribution in [2.45, 2.75) is 38.3 Å². The molecule has 130 valence electrons. The number of carbonyl (C=O) groups is 1. The number of hydrogen-bond acceptors (Lipinski definition) is 2. The second-order valence-electron chi connectivity index (χ2n) is 7.26. The number of nitrogens with zero attached hydrogens (tertiary/aromatic N) is 2. The van der Waals surface area contributed by atoms with E-state index in [4.69, 9.17) is 0 Å². The number of carbonyl (C=O) groups excluding carboxylic acids is 1. The average Bonchev–Trinajstić information content (AvgIpc) is 2.62. The highest BCUT2D eigenvalue weighted by molar-refractivity contribution is 5.84. The van der Waals surface area contributed by atoms with E-state index in [1.165, 1.54) is 11.1 Å². The van der Waals surface area contributed by atoms with Crippen molar-refractivity contribution in [1.82, 2.24) is 9.80 Å². The summed E-state index contributed by atoms with van der Waals surface area (Å²) in [7, 11) is 0. The molecule has 4 rings (SSSR count). The van der Waals surface area contributed by atoms with Crippen LogP contribution >= 0.6 is 0 Å². The van der Waals surface area contributed by atoms with Gasteiger partial charge in [0.05, 0.1) is 5.92 Å².